The quantitative estimate of drug-likeness (QED) is 0.775. The second kappa shape index (κ2) is 3.84. The van der Waals surface area contributed by atoms with Crippen molar-refractivity contribution in [1.29, 1.82) is 0 Å². The maximum Gasteiger partial charge on any atom is 0.359 e. The van der Waals surface area contributed by atoms with E-state index in [2.05, 4.69) is 5.10 Å². The Morgan fingerprint density at radius 2 is 2.38 bits per heavy atom. The molecule has 2 aromatic rings. The summed E-state index contributed by atoms with van der Waals surface area (Å²) in [6.07, 6.45) is 1.62. The number of nitrogens with zero attached hydrogens (tertiary/aromatic N) is 2. The number of esters is 1. The van der Waals surface area contributed by atoms with Crippen LogP contribution in [0.1, 0.15) is 23.0 Å². The number of hydrogen-bond donors (Lipinski definition) is 1. The topological polar surface area (TPSA) is 69.6 Å². The minimum Gasteiger partial charge on any atom is -0.461 e. The Kier molecular flexibility index (Phi) is 2.52. The molecular weight excluding hydrogens is 206 g/mol. The summed E-state index contributed by atoms with van der Waals surface area (Å²) in [5, 5.41) is 4.06. The van der Waals surface area contributed by atoms with Crippen LogP contribution in [-0.4, -0.2) is 22.2 Å². The molecule has 0 saturated carbocycles. The lowest BCUT2D eigenvalue weighted by atomic mass is 10.2. The fourth-order valence-electron chi connectivity index (χ4n) is 1.61. The lowest BCUT2D eigenvalue weighted by Crippen LogP contribution is -2.15. The molecule has 2 heterocycles. The lowest BCUT2D eigenvalue weighted by Gasteiger charge is -2.09. The number of carbonyl (C=O) groups excluding carboxylic acids is 1. The van der Waals surface area contributed by atoms with Gasteiger partial charge in [-0.3, -0.25) is 0 Å². The molecule has 0 aliphatic heterocycles. The fraction of sp³-hybridized carbons (Fsp3) is 0.273. The van der Waals surface area contributed by atoms with Crippen molar-refractivity contribution in [3.05, 3.63) is 29.6 Å². The van der Waals surface area contributed by atoms with Gasteiger partial charge in [0, 0.05) is 0 Å². The molecule has 0 fully saturated rings. The van der Waals surface area contributed by atoms with Gasteiger partial charge in [0.1, 0.15) is 0 Å². The minimum absolute atomic E-state index is 0.293. The number of ether oxygens (including phenoxy) is 1. The van der Waals surface area contributed by atoms with Crippen LogP contribution in [-0.2, 0) is 4.74 Å². The number of rotatable bonds is 2. The van der Waals surface area contributed by atoms with Crippen LogP contribution in [0.2, 0.25) is 0 Å². The molecule has 84 valence electrons. The van der Waals surface area contributed by atoms with Crippen LogP contribution in [0, 0.1) is 6.92 Å². The van der Waals surface area contributed by atoms with E-state index in [4.69, 9.17) is 10.5 Å². The Labute approximate surface area is 92.8 Å². The van der Waals surface area contributed by atoms with Gasteiger partial charge >= 0.3 is 5.97 Å². The predicted octanol–water partition coefficient (Wildman–Crippen LogP) is 1.40. The first-order valence-electron chi connectivity index (χ1n) is 5.05. The van der Waals surface area contributed by atoms with Gasteiger partial charge in [0.15, 0.2) is 5.69 Å². The molecular formula is C11H13N3O2. The Morgan fingerprint density at radius 1 is 1.62 bits per heavy atom. The van der Waals surface area contributed by atoms with Crippen molar-refractivity contribution in [2.24, 2.45) is 0 Å². The number of aryl methyl sites for hydroxylation is 1. The molecule has 0 bridgehead atoms. The van der Waals surface area contributed by atoms with Crippen molar-refractivity contribution in [2.75, 3.05) is 12.3 Å². The van der Waals surface area contributed by atoms with Gasteiger partial charge in [-0.1, -0.05) is 0 Å². The predicted molar refractivity (Wildman–Crippen MR) is 60.3 cm³/mol. The van der Waals surface area contributed by atoms with E-state index in [-0.39, 0.29) is 0 Å². The van der Waals surface area contributed by atoms with Crippen molar-refractivity contribution in [3.8, 4) is 0 Å². The van der Waals surface area contributed by atoms with Crippen LogP contribution in [0.3, 0.4) is 0 Å². The first-order chi connectivity index (χ1) is 7.65. The largest absolute Gasteiger partial charge is 0.461 e. The molecule has 0 aliphatic carbocycles. The average molecular weight is 219 g/mol. The maximum absolute atomic E-state index is 11.8. The normalized spacial score (nSPS) is 10.6. The molecule has 2 aromatic heterocycles. The molecule has 2 N–H and O–H groups in total. The van der Waals surface area contributed by atoms with Crippen molar-refractivity contribution in [2.45, 2.75) is 13.8 Å². The van der Waals surface area contributed by atoms with E-state index in [0.717, 1.165) is 11.1 Å². The van der Waals surface area contributed by atoms with Gasteiger partial charge in [-0.25, -0.2) is 9.31 Å². The van der Waals surface area contributed by atoms with E-state index in [1.165, 1.54) is 4.52 Å². The Hall–Kier alpha value is -2.04. The van der Waals surface area contributed by atoms with E-state index in [9.17, 15) is 4.79 Å². The Balaban J connectivity index is 2.69. The molecule has 0 saturated heterocycles. The van der Waals surface area contributed by atoms with Crippen LogP contribution < -0.4 is 5.73 Å². The van der Waals surface area contributed by atoms with Gasteiger partial charge in [-0.05, 0) is 31.5 Å². The van der Waals surface area contributed by atoms with E-state index in [0.29, 0.717) is 18.0 Å². The highest BCUT2D eigenvalue weighted by atomic mass is 16.5. The summed E-state index contributed by atoms with van der Waals surface area (Å²) in [5.74, 6) is -0.447. The third-order valence-electron chi connectivity index (χ3n) is 2.40. The number of anilines is 1. The number of fused-ring (bicyclic) bond motifs is 1. The van der Waals surface area contributed by atoms with Crippen molar-refractivity contribution < 1.29 is 9.53 Å². The molecule has 5 nitrogen and oxygen atoms in total. The molecule has 0 spiro atoms. The molecule has 16 heavy (non-hydrogen) atoms. The molecule has 0 atom stereocenters. The molecule has 2 rings (SSSR count). The van der Waals surface area contributed by atoms with Gasteiger partial charge in [0.2, 0.25) is 0 Å². The molecule has 0 aromatic carbocycles. The zero-order chi connectivity index (χ0) is 11.7. The molecule has 0 unspecified atom stereocenters. The first-order valence-corrected chi connectivity index (χ1v) is 5.05. The number of nitrogen functional groups attached to an aromatic ring is 1. The van der Waals surface area contributed by atoms with E-state index < -0.39 is 5.97 Å². The smallest absolute Gasteiger partial charge is 0.359 e. The van der Waals surface area contributed by atoms with Gasteiger partial charge in [-0.15, -0.1) is 0 Å². The van der Waals surface area contributed by atoms with Crippen LogP contribution in [0.4, 0.5) is 5.69 Å². The highest BCUT2D eigenvalue weighted by molar-refractivity contribution is 5.95. The number of aromatic nitrogens is 2. The average Bonchev–Trinajstić information content (AvgIpc) is 2.67. The van der Waals surface area contributed by atoms with Crippen LogP contribution in [0.15, 0.2) is 18.3 Å². The maximum atomic E-state index is 11.8. The number of carbonyl (C=O) groups is 1. The monoisotopic (exact) mass is 219 g/mol. The summed E-state index contributed by atoms with van der Waals surface area (Å²) in [7, 11) is 0. The van der Waals surface area contributed by atoms with Crippen LogP contribution in [0.5, 0.6) is 0 Å². The van der Waals surface area contributed by atoms with Crippen LogP contribution >= 0.6 is 0 Å². The SMILES string of the molecule is CCOC(=O)c1c(N)c(C)cc2ccnn12. The summed E-state index contributed by atoms with van der Waals surface area (Å²) in [6.45, 7) is 3.92. The van der Waals surface area contributed by atoms with E-state index in [1.807, 2.05) is 19.1 Å². The minimum atomic E-state index is -0.447. The Morgan fingerprint density at radius 3 is 3.06 bits per heavy atom. The summed E-state index contributed by atoms with van der Waals surface area (Å²) >= 11 is 0. The zero-order valence-electron chi connectivity index (χ0n) is 9.23. The first kappa shape index (κ1) is 10.5. The van der Waals surface area contributed by atoms with Gasteiger partial charge in [-0.2, -0.15) is 5.10 Å². The molecule has 5 heteroatoms. The lowest BCUT2D eigenvalue weighted by molar-refractivity contribution is 0.0517. The van der Waals surface area contributed by atoms with E-state index >= 15 is 0 Å². The van der Waals surface area contributed by atoms with Crippen molar-refractivity contribution >= 4 is 17.2 Å². The van der Waals surface area contributed by atoms with Crippen molar-refractivity contribution in [1.82, 2.24) is 9.61 Å². The Bertz CT molecular complexity index is 545. The second-order valence-corrected chi connectivity index (χ2v) is 3.48. The number of hydrogen-bond acceptors (Lipinski definition) is 4. The summed E-state index contributed by atoms with van der Waals surface area (Å²) in [4.78, 5) is 11.8. The highest BCUT2D eigenvalue weighted by Gasteiger charge is 2.17. The third-order valence-corrected chi connectivity index (χ3v) is 2.40. The highest BCUT2D eigenvalue weighted by Crippen LogP contribution is 2.20. The molecule has 0 aliphatic rings. The van der Waals surface area contributed by atoms with Crippen LogP contribution in [0.25, 0.3) is 5.52 Å². The zero-order valence-corrected chi connectivity index (χ0v) is 9.23. The fourth-order valence-corrected chi connectivity index (χ4v) is 1.61. The second-order valence-electron chi connectivity index (χ2n) is 3.48. The van der Waals surface area contributed by atoms with Gasteiger partial charge < -0.3 is 10.5 Å². The van der Waals surface area contributed by atoms with E-state index in [1.54, 1.807) is 13.1 Å². The third kappa shape index (κ3) is 1.50. The summed E-state index contributed by atoms with van der Waals surface area (Å²) in [5.41, 5.74) is 8.25. The number of pyridine rings is 1. The summed E-state index contributed by atoms with van der Waals surface area (Å²) < 4.78 is 6.46. The van der Waals surface area contributed by atoms with Gasteiger partial charge in [0.25, 0.3) is 0 Å². The molecule has 0 radical (unpaired) electrons. The van der Waals surface area contributed by atoms with Gasteiger partial charge in [0.05, 0.1) is 24.0 Å². The summed E-state index contributed by atoms with van der Waals surface area (Å²) in [6, 6.07) is 3.69. The number of nitrogens with two attached hydrogens (primary N) is 1. The standard InChI is InChI=1S/C11H13N3O2/c1-3-16-11(15)10-9(12)7(2)6-8-4-5-13-14(8)10/h4-6H,3,12H2,1-2H3. The van der Waals surface area contributed by atoms with Crippen molar-refractivity contribution in [3.63, 3.8) is 0 Å². The molecule has 0 amide bonds.